The van der Waals surface area contributed by atoms with Gasteiger partial charge >= 0.3 is 0 Å². The molecule has 1 aromatic carbocycles. The molecule has 2 aliphatic rings. The molecule has 29 heavy (non-hydrogen) atoms. The van der Waals surface area contributed by atoms with Crippen LogP contribution in [0.2, 0.25) is 0 Å². The number of benzene rings is 1. The number of halogens is 1. The number of morpholine rings is 1. The van der Waals surface area contributed by atoms with Crippen LogP contribution in [-0.2, 0) is 11.3 Å². The van der Waals surface area contributed by atoms with Crippen molar-refractivity contribution in [2.75, 3.05) is 43.6 Å². The molecule has 0 aliphatic carbocycles. The molecule has 1 fully saturated rings. The maximum Gasteiger partial charge on any atom is 0.273 e. The fourth-order valence-electron chi connectivity index (χ4n) is 3.48. The van der Waals surface area contributed by atoms with Gasteiger partial charge in [0, 0.05) is 36.4 Å². The summed E-state index contributed by atoms with van der Waals surface area (Å²) in [6.45, 7) is 6.81. The molecule has 1 saturated heterocycles. The van der Waals surface area contributed by atoms with Crippen LogP contribution < -0.4 is 15.0 Å². The quantitative estimate of drug-likeness (QED) is 0.825. The van der Waals surface area contributed by atoms with E-state index in [4.69, 9.17) is 9.47 Å². The average molecular weight is 401 g/mol. The van der Waals surface area contributed by atoms with Crippen molar-refractivity contribution in [1.29, 1.82) is 0 Å². The summed E-state index contributed by atoms with van der Waals surface area (Å²) in [6, 6.07) is 4.64. The van der Waals surface area contributed by atoms with E-state index in [-0.39, 0.29) is 17.7 Å². The monoisotopic (exact) mass is 401 g/mol. The number of nitrogens with zero attached hydrogens (tertiary/aromatic N) is 4. The molecule has 0 unspecified atom stereocenters. The first kappa shape index (κ1) is 19.4. The fraction of sp³-hybridized carbons (Fsp3) is 0.450. The molecule has 3 heterocycles. The molecular formula is C20H24FN5O3. The van der Waals surface area contributed by atoms with Gasteiger partial charge < -0.3 is 24.6 Å². The molecule has 1 N–H and O–H groups in total. The van der Waals surface area contributed by atoms with E-state index in [1.807, 2.05) is 18.7 Å². The molecule has 2 aliphatic heterocycles. The van der Waals surface area contributed by atoms with E-state index in [0.717, 1.165) is 5.56 Å². The second-order valence-corrected chi connectivity index (χ2v) is 7.30. The highest BCUT2D eigenvalue weighted by atomic mass is 19.1. The van der Waals surface area contributed by atoms with E-state index < -0.39 is 5.82 Å². The summed E-state index contributed by atoms with van der Waals surface area (Å²) in [5.74, 6) is 0.561. The predicted octanol–water partition coefficient (Wildman–Crippen LogP) is 2.57. The molecule has 1 amide bonds. The van der Waals surface area contributed by atoms with Gasteiger partial charge in [-0.2, -0.15) is 4.98 Å². The van der Waals surface area contributed by atoms with Crippen LogP contribution >= 0.6 is 0 Å². The minimum absolute atomic E-state index is 0.0369. The molecule has 0 saturated carbocycles. The zero-order valence-electron chi connectivity index (χ0n) is 16.7. The maximum atomic E-state index is 14.1. The third kappa shape index (κ3) is 3.69. The van der Waals surface area contributed by atoms with Gasteiger partial charge in [-0.1, -0.05) is 0 Å². The Kier molecular flexibility index (Phi) is 5.23. The van der Waals surface area contributed by atoms with Gasteiger partial charge in [-0.25, -0.2) is 9.37 Å². The van der Waals surface area contributed by atoms with Gasteiger partial charge in [0.1, 0.15) is 11.5 Å². The first-order chi connectivity index (χ1) is 14.0. The highest BCUT2D eigenvalue weighted by molar-refractivity contribution is 5.98. The summed E-state index contributed by atoms with van der Waals surface area (Å²) in [4.78, 5) is 25.9. The number of methoxy groups -OCH3 is 1. The lowest BCUT2D eigenvalue weighted by atomic mass is 10.2. The van der Waals surface area contributed by atoms with Crippen molar-refractivity contribution in [2.24, 2.45) is 0 Å². The number of carbonyl (C=O) groups is 1. The number of anilines is 3. The largest absolute Gasteiger partial charge is 0.494 e. The molecule has 9 heteroatoms. The number of amides is 1. The van der Waals surface area contributed by atoms with Gasteiger partial charge in [0.15, 0.2) is 11.6 Å². The molecular weight excluding hydrogens is 377 g/mol. The van der Waals surface area contributed by atoms with Crippen LogP contribution in [0.5, 0.6) is 5.75 Å². The van der Waals surface area contributed by atoms with Crippen molar-refractivity contribution in [2.45, 2.75) is 26.4 Å². The lowest BCUT2D eigenvalue weighted by molar-refractivity contribution is 0.0726. The highest BCUT2D eigenvalue weighted by Crippen LogP contribution is 2.33. The van der Waals surface area contributed by atoms with E-state index in [1.165, 1.54) is 13.2 Å². The van der Waals surface area contributed by atoms with Gasteiger partial charge in [-0.05, 0) is 26.0 Å². The Morgan fingerprint density at radius 2 is 2.00 bits per heavy atom. The summed E-state index contributed by atoms with van der Waals surface area (Å²) in [6.07, 6.45) is 0. The summed E-state index contributed by atoms with van der Waals surface area (Å²) < 4.78 is 24.5. The standard InChI is InChI=1S/C20H24FN5O3/c1-12(2)26-11-14-17(19(26)27)23-20(25-6-8-29-9-7-25)24-18(14)22-13-4-5-16(28-3)15(21)10-13/h4-5,10,12H,6-9,11H2,1-3H3,(H,22,23,24). The number of fused-ring (bicyclic) bond motifs is 1. The number of hydrogen-bond acceptors (Lipinski definition) is 7. The Morgan fingerprint density at radius 1 is 1.24 bits per heavy atom. The molecule has 0 atom stereocenters. The number of nitrogens with one attached hydrogen (secondary N) is 1. The highest BCUT2D eigenvalue weighted by Gasteiger charge is 2.35. The normalized spacial score (nSPS) is 16.4. The van der Waals surface area contributed by atoms with Crippen LogP contribution in [0.3, 0.4) is 0 Å². The number of ether oxygens (including phenoxy) is 2. The Morgan fingerprint density at radius 3 is 2.66 bits per heavy atom. The predicted molar refractivity (Wildman–Crippen MR) is 106 cm³/mol. The zero-order valence-corrected chi connectivity index (χ0v) is 16.7. The van der Waals surface area contributed by atoms with Gasteiger partial charge in [-0.3, -0.25) is 4.79 Å². The van der Waals surface area contributed by atoms with Crippen molar-refractivity contribution >= 4 is 23.4 Å². The van der Waals surface area contributed by atoms with Gasteiger partial charge in [-0.15, -0.1) is 0 Å². The van der Waals surface area contributed by atoms with Crippen molar-refractivity contribution in [3.05, 3.63) is 35.3 Å². The second-order valence-electron chi connectivity index (χ2n) is 7.30. The summed E-state index contributed by atoms with van der Waals surface area (Å²) in [7, 11) is 1.42. The van der Waals surface area contributed by atoms with Crippen LogP contribution in [0, 0.1) is 5.82 Å². The molecule has 0 spiro atoms. The number of hydrogen-bond donors (Lipinski definition) is 1. The SMILES string of the molecule is COc1ccc(Nc2nc(N3CCOCC3)nc3c2CN(C(C)C)C3=O)cc1F. The number of rotatable bonds is 5. The van der Waals surface area contributed by atoms with Crippen LogP contribution in [0.15, 0.2) is 18.2 Å². The Balaban J connectivity index is 1.73. The molecule has 154 valence electrons. The van der Waals surface area contributed by atoms with Crippen LogP contribution in [0.4, 0.5) is 21.8 Å². The molecule has 1 aromatic heterocycles. The van der Waals surface area contributed by atoms with E-state index in [0.29, 0.717) is 56.0 Å². The lowest BCUT2D eigenvalue weighted by Gasteiger charge is -2.27. The molecule has 0 radical (unpaired) electrons. The second kappa shape index (κ2) is 7.82. The average Bonchev–Trinajstić information content (AvgIpc) is 3.06. The first-order valence-electron chi connectivity index (χ1n) is 9.63. The molecule has 2 aromatic rings. The maximum absolute atomic E-state index is 14.1. The fourth-order valence-corrected chi connectivity index (χ4v) is 3.48. The van der Waals surface area contributed by atoms with E-state index >= 15 is 0 Å². The van der Waals surface area contributed by atoms with Crippen molar-refractivity contribution in [1.82, 2.24) is 14.9 Å². The van der Waals surface area contributed by atoms with Gasteiger partial charge in [0.25, 0.3) is 5.91 Å². The number of aromatic nitrogens is 2. The Labute approximate surface area is 168 Å². The minimum Gasteiger partial charge on any atom is -0.494 e. The molecule has 0 bridgehead atoms. The van der Waals surface area contributed by atoms with Crippen molar-refractivity contribution < 1.29 is 18.7 Å². The Hall–Kier alpha value is -2.94. The Bertz CT molecular complexity index is 931. The molecule has 8 nitrogen and oxygen atoms in total. The third-order valence-corrected chi connectivity index (χ3v) is 5.12. The first-order valence-corrected chi connectivity index (χ1v) is 9.63. The van der Waals surface area contributed by atoms with E-state index in [9.17, 15) is 9.18 Å². The summed E-state index contributed by atoms with van der Waals surface area (Å²) >= 11 is 0. The van der Waals surface area contributed by atoms with E-state index in [2.05, 4.69) is 15.3 Å². The third-order valence-electron chi connectivity index (χ3n) is 5.12. The van der Waals surface area contributed by atoms with Crippen molar-refractivity contribution in [3.8, 4) is 5.75 Å². The van der Waals surface area contributed by atoms with Crippen LogP contribution in [0.1, 0.15) is 29.9 Å². The topological polar surface area (TPSA) is 79.8 Å². The lowest BCUT2D eigenvalue weighted by Crippen LogP contribution is -2.37. The van der Waals surface area contributed by atoms with Crippen LogP contribution in [-0.4, -0.2) is 60.2 Å². The number of carbonyl (C=O) groups excluding carboxylic acids is 1. The molecule has 4 rings (SSSR count). The van der Waals surface area contributed by atoms with Gasteiger partial charge in [0.05, 0.1) is 26.9 Å². The van der Waals surface area contributed by atoms with Crippen molar-refractivity contribution in [3.63, 3.8) is 0 Å². The minimum atomic E-state index is -0.475. The summed E-state index contributed by atoms with van der Waals surface area (Å²) in [5.41, 5.74) is 1.64. The summed E-state index contributed by atoms with van der Waals surface area (Å²) in [5, 5.41) is 3.17. The zero-order chi connectivity index (χ0) is 20.5. The van der Waals surface area contributed by atoms with Crippen LogP contribution in [0.25, 0.3) is 0 Å². The van der Waals surface area contributed by atoms with E-state index in [1.54, 1.807) is 17.0 Å². The van der Waals surface area contributed by atoms with Gasteiger partial charge in [0.2, 0.25) is 5.95 Å². The smallest absolute Gasteiger partial charge is 0.273 e.